The van der Waals surface area contributed by atoms with Crippen LogP contribution in [0.3, 0.4) is 0 Å². The zero-order valence-corrected chi connectivity index (χ0v) is 15.6. The Balaban J connectivity index is 4.70. The molecule has 0 atom stereocenters. The molecule has 0 aromatic rings. The highest BCUT2D eigenvalue weighted by molar-refractivity contribution is 8.33. The van der Waals surface area contributed by atoms with Gasteiger partial charge in [0.2, 0.25) is 0 Å². The van der Waals surface area contributed by atoms with Gasteiger partial charge in [0.15, 0.2) is 0 Å². The van der Waals surface area contributed by atoms with Gasteiger partial charge in [-0.2, -0.15) is 0 Å². The molecule has 19 heavy (non-hydrogen) atoms. The molecule has 0 bridgehead atoms. The third-order valence-corrected chi connectivity index (χ3v) is 14.0. The number of rotatable bonds is 13. The SMILES string of the molecule is CCCCP(CCCC)P(=O)(CCCC)CCCC. The van der Waals surface area contributed by atoms with Gasteiger partial charge < -0.3 is 4.57 Å². The van der Waals surface area contributed by atoms with Crippen LogP contribution in [-0.2, 0) is 4.57 Å². The lowest BCUT2D eigenvalue weighted by Gasteiger charge is -2.28. The van der Waals surface area contributed by atoms with E-state index < -0.39 is 6.83 Å². The summed E-state index contributed by atoms with van der Waals surface area (Å²) in [6, 6.07) is 0. The van der Waals surface area contributed by atoms with Crippen LogP contribution in [0, 0.1) is 0 Å². The van der Waals surface area contributed by atoms with E-state index in [4.69, 9.17) is 0 Å². The molecule has 0 aliphatic carbocycles. The van der Waals surface area contributed by atoms with Crippen LogP contribution in [0.5, 0.6) is 0 Å². The topological polar surface area (TPSA) is 17.1 Å². The zero-order chi connectivity index (χ0) is 14.6. The van der Waals surface area contributed by atoms with E-state index in [1.165, 1.54) is 63.7 Å². The first kappa shape index (κ1) is 19.7. The van der Waals surface area contributed by atoms with Crippen LogP contribution >= 0.6 is 14.4 Å². The fourth-order valence-corrected chi connectivity index (χ4v) is 12.7. The van der Waals surface area contributed by atoms with Gasteiger partial charge in [-0.05, 0) is 45.6 Å². The molecule has 0 aliphatic heterocycles. The summed E-state index contributed by atoms with van der Waals surface area (Å²) in [5.74, 6) is 0. The molecule has 0 fully saturated rings. The molecule has 0 amide bonds. The third kappa shape index (κ3) is 8.52. The molecule has 0 aliphatic rings. The second-order valence-corrected chi connectivity index (χ2v) is 14.0. The van der Waals surface area contributed by atoms with Crippen molar-refractivity contribution in [2.45, 2.75) is 79.1 Å². The first-order valence-corrected chi connectivity index (χ1v) is 13.0. The zero-order valence-electron chi connectivity index (χ0n) is 13.8. The van der Waals surface area contributed by atoms with Crippen molar-refractivity contribution in [3.8, 4) is 0 Å². The number of hydrogen-bond donors (Lipinski definition) is 0. The Kier molecular flexibility index (Phi) is 12.8. The lowest BCUT2D eigenvalue weighted by atomic mass is 10.4. The normalized spacial score (nSPS) is 12.3. The van der Waals surface area contributed by atoms with E-state index in [0.717, 1.165) is 12.3 Å². The van der Waals surface area contributed by atoms with E-state index in [0.29, 0.717) is 0 Å². The molecule has 0 saturated carbocycles. The molecule has 0 aromatic heterocycles. The Morgan fingerprint density at radius 2 is 1.05 bits per heavy atom. The summed E-state index contributed by atoms with van der Waals surface area (Å²) in [5, 5.41) is 0. The second-order valence-electron chi connectivity index (χ2n) is 5.66. The molecule has 0 heterocycles. The van der Waals surface area contributed by atoms with Crippen LogP contribution < -0.4 is 0 Å². The van der Waals surface area contributed by atoms with Crippen molar-refractivity contribution in [2.75, 3.05) is 24.6 Å². The summed E-state index contributed by atoms with van der Waals surface area (Å²) in [7, 11) is -0.186. The summed E-state index contributed by atoms with van der Waals surface area (Å²) in [6.07, 6.45) is 14.5. The van der Waals surface area contributed by atoms with Crippen molar-refractivity contribution >= 4 is 14.4 Å². The van der Waals surface area contributed by atoms with Gasteiger partial charge in [-0.25, -0.2) is 0 Å². The summed E-state index contributed by atoms with van der Waals surface area (Å²) in [5.41, 5.74) is 0. The van der Waals surface area contributed by atoms with E-state index in [9.17, 15) is 4.57 Å². The molecule has 0 unspecified atom stereocenters. The molecular formula is C16H36OP2. The average Bonchev–Trinajstić information content (AvgIpc) is 2.43. The van der Waals surface area contributed by atoms with Crippen molar-refractivity contribution in [1.82, 2.24) is 0 Å². The molecule has 3 heteroatoms. The van der Waals surface area contributed by atoms with E-state index >= 15 is 0 Å². The number of unbranched alkanes of at least 4 members (excludes halogenated alkanes) is 4. The summed E-state index contributed by atoms with van der Waals surface area (Å²) in [6.45, 7) is 7.12. The van der Waals surface area contributed by atoms with Gasteiger partial charge in [-0.15, -0.1) is 0 Å². The van der Waals surface area contributed by atoms with Gasteiger partial charge in [0.05, 0.1) is 0 Å². The second kappa shape index (κ2) is 12.4. The number of hydrogen-bond acceptors (Lipinski definition) is 1. The summed E-state index contributed by atoms with van der Waals surface area (Å²) in [4.78, 5) is 0. The predicted molar refractivity (Wildman–Crippen MR) is 93.6 cm³/mol. The minimum absolute atomic E-state index is 0.186. The maximum absolute atomic E-state index is 13.5. The Morgan fingerprint density at radius 1 is 0.684 bits per heavy atom. The van der Waals surface area contributed by atoms with Crippen molar-refractivity contribution in [3.05, 3.63) is 0 Å². The average molecular weight is 306 g/mol. The quantitative estimate of drug-likeness (QED) is 0.336. The van der Waals surface area contributed by atoms with Gasteiger partial charge in [0.1, 0.15) is 6.83 Å². The predicted octanol–water partition coefficient (Wildman–Crippen LogP) is 6.95. The van der Waals surface area contributed by atoms with Gasteiger partial charge in [-0.3, -0.25) is 0 Å². The van der Waals surface area contributed by atoms with Crippen LogP contribution in [0.4, 0.5) is 0 Å². The Hall–Kier alpha value is 0.660. The van der Waals surface area contributed by atoms with Crippen molar-refractivity contribution < 1.29 is 4.57 Å². The first-order chi connectivity index (χ1) is 9.14. The molecule has 0 aromatic carbocycles. The Labute approximate surface area is 123 Å². The maximum atomic E-state index is 13.5. The summed E-state index contributed by atoms with van der Waals surface area (Å²) >= 11 is 0. The van der Waals surface area contributed by atoms with Gasteiger partial charge in [0, 0.05) is 12.3 Å². The van der Waals surface area contributed by atoms with Crippen molar-refractivity contribution in [1.29, 1.82) is 0 Å². The lowest BCUT2D eigenvalue weighted by molar-refractivity contribution is 0.579. The highest BCUT2D eigenvalue weighted by atomic mass is 32.1. The first-order valence-electron chi connectivity index (χ1n) is 8.48. The minimum Gasteiger partial charge on any atom is -0.319 e. The van der Waals surface area contributed by atoms with Crippen LogP contribution in [0.15, 0.2) is 0 Å². The van der Waals surface area contributed by atoms with Crippen molar-refractivity contribution in [3.63, 3.8) is 0 Å². The fourth-order valence-electron chi connectivity index (χ4n) is 2.36. The van der Waals surface area contributed by atoms with Crippen LogP contribution in [0.25, 0.3) is 0 Å². The van der Waals surface area contributed by atoms with E-state index in [2.05, 4.69) is 27.7 Å². The molecule has 116 valence electrons. The standard InChI is InChI=1S/C16H36OP2/c1-5-9-13-18(14-10-6-2)19(17,15-11-7-3)16-12-8-4/h5-16H2,1-4H3. The molecular weight excluding hydrogens is 270 g/mol. The van der Waals surface area contributed by atoms with E-state index in [1.54, 1.807) is 0 Å². The van der Waals surface area contributed by atoms with Crippen LogP contribution in [0.2, 0.25) is 0 Å². The van der Waals surface area contributed by atoms with Gasteiger partial charge in [-0.1, -0.05) is 53.4 Å². The molecule has 0 saturated heterocycles. The maximum Gasteiger partial charge on any atom is 0.107 e. The molecule has 0 rings (SSSR count). The van der Waals surface area contributed by atoms with Gasteiger partial charge in [0.25, 0.3) is 0 Å². The third-order valence-electron chi connectivity index (χ3n) is 3.78. The van der Waals surface area contributed by atoms with Crippen molar-refractivity contribution in [2.24, 2.45) is 0 Å². The van der Waals surface area contributed by atoms with E-state index in [1.807, 2.05) is 0 Å². The summed E-state index contributed by atoms with van der Waals surface area (Å²) < 4.78 is 13.5. The lowest BCUT2D eigenvalue weighted by Crippen LogP contribution is -2.00. The Morgan fingerprint density at radius 3 is 1.37 bits per heavy atom. The monoisotopic (exact) mass is 306 g/mol. The van der Waals surface area contributed by atoms with Crippen LogP contribution in [0.1, 0.15) is 79.1 Å². The highest BCUT2D eigenvalue weighted by Gasteiger charge is 2.30. The molecule has 0 radical (unpaired) electrons. The fraction of sp³-hybridized carbons (Fsp3) is 1.00. The largest absolute Gasteiger partial charge is 0.319 e. The van der Waals surface area contributed by atoms with Gasteiger partial charge >= 0.3 is 0 Å². The molecule has 1 nitrogen and oxygen atoms in total. The molecule has 0 spiro atoms. The Bertz CT molecular complexity index is 221. The smallest absolute Gasteiger partial charge is 0.107 e. The highest BCUT2D eigenvalue weighted by Crippen LogP contribution is 2.76. The van der Waals surface area contributed by atoms with Crippen LogP contribution in [-0.4, -0.2) is 24.6 Å². The minimum atomic E-state index is -1.86. The van der Waals surface area contributed by atoms with E-state index in [-0.39, 0.29) is 7.61 Å². The molecule has 0 N–H and O–H groups in total.